The number of halogens is 1. The quantitative estimate of drug-likeness (QED) is 0.761. The van der Waals surface area contributed by atoms with Crippen LogP contribution in [0, 0.1) is 0 Å². The molecule has 0 aliphatic rings. The SMILES string of the molecule is O=C(NCc1cn2cccc(O)c2n1)c1cncc(Br)c1. The molecular weight excluding hydrogens is 336 g/mol. The van der Waals surface area contributed by atoms with E-state index in [1.54, 1.807) is 41.2 Å². The second-order valence-electron chi connectivity index (χ2n) is 4.43. The molecule has 0 fully saturated rings. The highest BCUT2D eigenvalue weighted by atomic mass is 79.9. The maximum atomic E-state index is 12.0. The van der Waals surface area contributed by atoms with Crippen molar-refractivity contribution in [2.24, 2.45) is 0 Å². The van der Waals surface area contributed by atoms with Crippen LogP contribution in [-0.4, -0.2) is 25.4 Å². The molecule has 3 rings (SSSR count). The number of amides is 1. The zero-order chi connectivity index (χ0) is 14.8. The van der Waals surface area contributed by atoms with Gasteiger partial charge in [-0.1, -0.05) is 0 Å². The number of fused-ring (bicyclic) bond motifs is 1. The van der Waals surface area contributed by atoms with Gasteiger partial charge in [-0.2, -0.15) is 0 Å². The van der Waals surface area contributed by atoms with Gasteiger partial charge in [-0.15, -0.1) is 0 Å². The Bertz CT molecular complexity index is 816. The first kappa shape index (κ1) is 13.6. The summed E-state index contributed by atoms with van der Waals surface area (Å²) in [4.78, 5) is 20.2. The number of rotatable bonds is 3. The Morgan fingerprint density at radius 1 is 1.43 bits per heavy atom. The van der Waals surface area contributed by atoms with E-state index >= 15 is 0 Å². The lowest BCUT2D eigenvalue weighted by atomic mass is 10.2. The summed E-state index contributed by atoms with van der Waals surface area (Å²) in [6, 6.07) is 4.98. The smallest absolute Gasteiger partial charge is 0.253 e. The van der Waals surface area contributed by atoms with Crippen LogP contribution in [0.25, 0.3) is 5.65 Å². The zero-order valence-corrected chi connectivity index (χ0v) is 12.4. The lowest BCUT2D eigenvalue weighted by molar-refractivity contribution is 0.0950. The van der Waals surface area contributed by atoms with Crippen LogP contribution in [0.3, 0.4) is 0 Å². The molecule has 2 N–H and O–H groups in total. The minimum absolute atomic E-state index is 0.103. The first-order valence-corrected chi connectivity index (χ1v) is 6.97. The van der Waals surface area contributed by atoms with E-state index in [0.29, 0.717) is 16.9 Å². The summed E-state index contributed by atoms with van der Waals surface area (Å²) < 4.78 is 2.45. The van der Waals surface area contributed by atoms with E-state index in [-0.39, 0.29) is 18.2 Å². The lowest BCUT2D eigenvalue weighted by Crippen LogP contribution is -2.23. The van der Waals surface area contributed by atoms with Crippen LogP contribution in [0.5, 0.6) is 5.75 Å². The summed E-state index contributed by atoms with van der Waals surface area (Å²) in [5, 5.41) is 12.5. The fraction of sp³-hybridized carbons (Fsp3) is 0.0714. The molecule has 0 atom stereocenters. The number of aromatic hydroxyl groups is 1. The summed E-state index contributed by atoms with van der Waals surface area (Å²) in [6.07, 6.45) is 6.65. The van der Waals surface area contributed by atoms with E-state index in [2.05, 4.69) is 31.2 Å². The van der Waals surface area contributed by atoms with E-state index in [1.807, 2.05) is 0 Å². The molecule has 0 aromatic carbocycles. The molecule has 0 radical (unpaired) electrons. The number of nitrogens with zero attached hydrogens (tertiary/aromatic N) is 3. The molecule has 0 aliphatic heterocycles. The van der Waals surface area contributed by atoms with Crippen molar-refractivity contribution in [3.05, 3.63) is 58.7 Å². The fourth-order valence-electron chi connectivity index (χ4n) is 1.94. The number of hydrogen-bond donors (Lipinski definition) is 2. The van der Waals surface area contributed by atoms with Gasteiger partial charge < -0.3 is 14.8 Å². The van der Waals surface area contributed by atoms with E-state index in [9.17, 15) is 9.90 Å². The van der Waals surface area contributed by atoms with E-state index < -0.39 is 0 Å². The second kappa shape index (κ2) is 5.53. The minimum atomic E-state index is -0.231. The van der Waals surface area contributed by atoms with Crippen molar-refractivity contribution < 1.29 is 9.90 Å². The van der Waals surface area contributed by atoms with Crippen LogP contribution < -0.4 is 5.32 Å². The van der Waals surface area contributed by atoms with Crippen LogP contribution in [0.15, 0.2) is 47.5 Å². The van der Waals surface area contributed by atoms with Crippen molar-refractivity contribution in [3.8, 4) is 5.75 Å². The minimum Gasteiger partial charge on any atom is -0.504 e. The average Bonchev–Trinajstić information content (AvgIpc) is 2.89. The molecule has 106 valence electrons. The van der Waals surface area contributed by atoms with E-state index in [0.717, 1.165) is 4.47 Å². The molecule has 0 spiro atoms. The van der Waals surface area contributed by atoms with Gasteiger partial charge in [-0.05, 0) is 34.1 Å². The van der Waals surface area contributed by atoms with Gasteiger partial charge in [0.05, 0.1) is 17.8 Å². The average molecular weight is 347 g/mol. The number of hydrogen-bond acceptors (Lipinski definition) is 4. The molecule has 6 nitrogen and oxygen atoms in total. The highest BCUT2D eigenvalue weighted by molar-refractivity contribution is 9.10. The Labute approximate surface area is 128 Å². The van der Waals surface area contributed by atoms with Crippen molar-refractivity contribution in [3.63, 3.8) is 0 Å². The van der Waals surface area contributed by atoms with Gasteiger partial charge in [0.25, 0.3) is 5.91 Å². The molecule has 3 heterocycles. The molecule has 0 aliphatic carbocycles. The van der Waals surface area contributed by atoms with Gasteiger partial charge in [-0.3, -0.25) is 9.78 Å². The van der Waals surface area contributed by atoms with E-state index in [4.69, 9.17) is 0 Å². The summed E-state index contributed by atoms with van der Waals surface area (Å²) in [5.74, 6) is -0.128. The van der Waals surface area contributed by atoms with Crippen molar-refractivity contribution >= 4 is 27.5 Å². The summed E-state index contributed by atoms with van der Waals surface area (Å²) in [7, 11) is 0. The Kier molecular flexibility index (Phi) is 3.57. The highest BCUT2D eigenvalue weighted by Gasteiger charge is 2.09. The predicted molar refractivity (Wildman–Crippen MR) is 80.0 cm³/mol. The maximum absolute atomic E-state index is 12.0. The first-order chi connectivity index (χ1) is 10.1. The Balaban J connectivity index is 1.74. The van der Waals surface area contributed by atoms with Crippen molar-refractivity contribution in [1.29, 1.82) is 0 Å². The number of carbonyl (C=O) groups excluding carboxylic acids is 1. The van der Waals surface area contributed by atoms with Crippen molar-refractivity contribution in [2.45, 2.75) is 6.54 Å². The van der Waals surface area contributed by atoms with Crippen molar-refractivity contribution in [1.82, 2.24) is 19.7 Å². The maximum Gasteiger partial charge on any atom is 0.253 e. The summed E-state index contributed by atoms with van der Waals surface area (Å²) >= 11 is 3.27. The monoisotopic (exact) mass is 346 g/mol. The van der Waals surface area contributed by atoms with Gasteiger partial charge in [0.15, 0.2) is 11.4 Å². The van der Waals surface area contributed by atoms with Gasteiger partial charge >= 0.3 is 0 Å². The molecule has 0 bridgehead atoms. The number of imidazole rings is 1. The Morgan fingerprint density at radius 3 is 3.05 bits per heavy atom. The normalized spacial score (nSPS) is 10.7. The predicted octanol–water partition coefficient (Wildman–Crippen LogP) is 2.13. The Hall–Kier alpha value is -2.41. The largest absolute Gasteiger partial charge is 0.504 e. The number of pyridine rings is 2. The molecule has 7 heteroatoms. The van der Waals surface area contributed by atoms with Gasteiger partial charge in [0.1, 0.15) is 0 Å². The molecule has 1 amide bonds. The Morgan fingerprint density at radius 2 is 2.29 bits per heavy atom. The standard InChI is InChI=1S/C14H11BrN4O2/c15-10-4-9(5-16-6-10)14(21)17-7-11-8-19-3-1-2-12(20)13(19)18-11/h1-6,8,20H,7H2,(H,17,21). The van der Waals surface area contributed by atoms with Crippen LogP contribution in [0.4, 0.5) is 0 Å². The second-order valence-corrected chi connectivity index (χ2v) is 5.35. The number of nitrogens with one attached hydrogen (secondary N) is 1. The van der Waals surface area contributed by atoms with Crippen LogP contribution in [0.2, 0.25) is 0 Å². The molecule has 3 aromatic rings. The topological polar surface area (TPSA) is 79.5 Å². The van der Waals surface area contributed by atoms with Crippen LogP contribution >= 0.6 is 15.9 Å². The third kappa shape index (κ3) is 2.87. The highest BCUT2D eigenvalue weighted by Crippen LogP contribution is 2.16. The van der Waals surface area contributed by atoms with Crippen molar-refractivity contribution in [2.75, 3.05) is 0 Å². The lowest BCUT2D eigenvalue weighted by Gasteiger charge is -2.02. The molecule has 0 saturated heterocycles. The zero-order valence-electron chi connectivity index (χ0n) is 10.8. The van der Waals surface area contributed by atoms with Gasteiger partial charge in [-0.25, -0.2) is 4.98 Å². The third-order valence-corrected chi connectivity index (χ3v) is 3.34. The molecule has 3 aromatic heterocycles. The molecular formula is C14H11BrN4O2. The summed E-state index contributed by atoms with van der Waals surface area (Å²) in [6.45, 7) is 0.270. The third-order valence-electron chi connectivity index (χ3n) is 2.91. The molecule has 21 heavy (non-hydrogen) atoms. The summed E-state index contributed by atoms with van der Waals surface area (Å²) in [5.41, 5.74) is 1.59. The first-order valence-electron chi connectivity index (χ1n) is 6.18. The van der Waals surface area contributed by atoms with Gasteiger partial charge in [0, 0.05) is 29.3 Å². The fourth-order valence-corrected chi connectivity index (χ4v) is 2.31. The number of aromatic nitrogens is 3. The van der Waals surface area contributed by atoms with Gasteiger partial charge in [0.2, 0.25) is 0 Å². The number of carbonyl (C=O) groups is 1. The van der Waals surface area contributed by atoms with Crippen LogP contribution in [0.1, 0.15) is 16.1 Å². The molecule has 0 saturated carbocycles. The van der Waals surface area contributed by atoms with Crippen LogP contribution in [-0.2, 0) is 6.54 Å². The van der Waals surface area contributed by atoms with E-state index in [1.165, 1.54) is 6.20 Å². The molecule has 0 unspecified atom stereocenters.